The molecule has 4 aliphatic rings. The summed E-state index contributed by atoms with van der Waals surface area (Å²) in [7, 11) is 1.55. The fourth-order valence-electron chi connectivity index (χ4n) is 8.01. The number of benzene rings is 2. The zero-order valence-corrected chi connectivity index (χ0v) is 31.4. The maximum absolute atomic E-state index is 14.2. The third-order valence-corrected chi connectivity index (χ3v) is 11.9. The second-order valence-electron chi connectivity index (χ2n) is 14.2. The highest BCUT2D eigenvalue weighted by atomic mass is 35.5. The number of nitrogens with one attached hydrogen (secondary N) is 1. The van der Waals surface area contributed by atoms with Gasteiger partial charge in [0.1, 0.15) is 11.8 Å². The van der Waals surface area contributed by atoms with Crippen molar-refractivity contribution in [2.24, 2.45) is 15.4 Å². The van der Waals surface area contributed by atoms with Crippen molar-refractivity contribution in [1.82, 2.24) is 25.0 Å². The van der Waals surface area contributed by atoms with Crippen LogP contribution in [-0.4, -0.2) is 115 Å². The molecule has 14 nitrogen and oxygen atoms in total. The van der Waals surface area contributed by atoms with Gasteiger partial charge in [0.2, 0.25) is 0 Å². The number of amides is 3. The highest BCUT2D eigenvalue weighted by Gasteiger charge is 2.45. The molecule has 3 unspecified atom stereocenters. The molecule has 0 bridgehead atoms. The number of aromatic nitrogens is 1. The molecule has 16 heteroatoms. The number of aliphatic carboxylic acids is 1. The standard InChI is InChI=1S/C38H42Cl2N8O6/c1-53-32-8-5-25(30-22-42-45-44-30)20-27(32)34(49)47-17-10-37(24-47,26-6-7-28(39)29(40)21-26)9-14-46-15-11-38(12-16-46,33-4-2-3-13-41-33)43-36(52)48-18-19-54-23-31(48)35(50)51/h2-8,13,20-22,30-31H,9-12,14-19,23-24H2,1H3,(H,43,52)(H,50,51). The molecule has 0 aliphatic carbocycles. The molecule has 3 atom stereocenters. The molecule has 1 aromatic heterocycles. The van der Waals surface area contributed by atoms with Gasteiger partial charge >= 0.3 is 12.0 Å². The van der Waals surface area contributed by atoms with Crippen molar-refractivity contribution in [3.05, 3.63) is 93.2 Å². The number of morpholine rings is 1. The van der Waals surface area contributed by atoms with Crippen molar-refractivity contribution in [2.45, 2.75) is 48.7 Å². The van der Waals surface area contributed by atoms with Crippen LogP contribution in [0.1, 0.15) is 58.9 Å². The molecule has 3 saturated heterocycles. The molecule has 2 N–H and O–H groups in total. The summed E-state index contributed by atoms with van der Waals surface area (Å²) >= 11 is 12.9. The first-order chi connectivity index (χ1) is 26.1. The van der Waals surface area contributed by atoms with Gasteiger partial charge in [0.05, 0.1) is 53.4 Å². The minimum Gasteiger partial charge on any atom is -0.496 e. The molecule has 284 valence electrons. The second-order valence-corrected chi connectivity index (χ2v) is 15.0. The largest absolute Gasteiger partial charge is 0.496 e. The first-order valence-electron chi connectivity index (χ1n) is 18.0. The number of carbonyl (C=O) groups is 3. The summed E-state index contributed by atoms with van der Waals surface area (Å²) in [5.41, 5.74) is 1.81. The number of halogens is 2. The van der Waals surface area contributed by atoms with Gasteiger partial charge in [-0.2, -0.15) is 5.11 Å². The predicted molar refractivity (Wildman–Crippen MR) is 201 cm³/mol. The van der Waals surface area contributed by atoms with Crippen LogP contribution < -0.4 is 10.1 Å². The summed E-state index contributed by atoms with van der Waals surface area (Å²) in [6, 6.07) is 14.9. The summed E-state index contributed by atoms with van der Waals surface area (Å²) in [5, 5.41) is 25.6. The average molecular weight is 778 g/mol. The number of hydrogen-bond acceptors (Lipinski definition) is 10. The van der Waals surface area contributed by atoms with Crippen molar-refractivity contribution in [3.63, 3.8) is 0 Å². The molecule has 3 amide bonds. The van der Waals surface area contributed by atoms with Gasteiger partial charge in [0.15, 0.2) is 6.04 Å². The minimum atomic E-state index is -1.10. The van der Waals surface area contributed by atoms with Gasteiger partial charge in [-0.3, -0.25) is 9.78 Å². The van der Waals surface area contributed by atoms with Crippen LogP contribution in [-0.2, 0) is 20.5 Å². The molecular weight excluding hydrogens is 735 g/mol. The Morgan fingerprint density at radius 2 is 1.85 bits per heavy atom. The first kappa shape index (κ1) is 37.7. The fraction of sp³-hybridized carbons (Fsp3) is 0.447. The number of rotatable bonds is 10. The molecule has 4 aliphatic heterocycles. The Balaban J connectivity index is 1.09. The molecule has 2 aromatic carbocycles. The maximum Gasteiger partial charge on any atom is 0.328 e. The number of carboxylic acid groups (broad SMARTS) is 1. The summed E-state index contributed by atoms with van der Waals surface area (Å²) in [6.45, 7) is 3.45. The van der Waals surface area contributed by atoms with E-state index >= 15 is 0 Å². The Bertz CT molecular complexity index is 1930. The Morgan fingerprint density at radius 1 is 1.02 bits per heavy atom. The molecule has 7 rings (SSSR count). The number of urea groups is 1. The fourth-order valence-corrected chi connectivity index (χ4v) is 8.31. The Kier molecular flexibility index (Phi) is 11.2. The molecule has 5 heterocycles. The van der Waals surface area contributed by atoms with E-state index in [0.717, 1.165) is 29.8 Å². The van der Waals surface area contributed by atoms with Crippen LogP contribution in [0.25, 0.3) is 0 Å². The Labute approximate surface area is 323 Å². The zero-order valence-electron chi connectivity index (χ0n) is 29.9. The topological polar surface area (TPSA) is 162 Å². The lowest BCUT2D eigenvalue weighted by molar-refractivity contribution is -0.147. The second kappa shape index (κ2) is 16.0. The molecule has 54 heavy (non-hydrogen) atoms. The predicted octanol–water partition coefficient (Wildman–Crippen LogP) is 5.55. The van der Waals surface area contributed by atoms with Crippen LogP contribution in [0.2, 0.25) is 10.0 Å². The summed E-state index contributed by atoms with van der Waals surface area (Å²) in [6.07, 6.45) is 5.94. The SMILES string of the molecule is COc1ccc(C2C=NN=N2)cc1C(=O)N1CCC(CCN2CCC(NC(=O)N3CCOCC3C(=O)O)(c3ccccn3)CC2)(c2ccc(Cl)c(Cl)c2)C1. The number of likely N-dealkylation sites (tertiary alicyclic amines) is 2. The molecule has 3 aromatic rings. The number of ether oxygens (including phenoxy) is 2. The molecule has 3 fully saturated rings. The first-order valence-corrected chi connectivity index (χ1v) is 18.8. The van der Waals surface area contributed by atoms with Crippen molar-refractivity contribution in [3.8, 4) is 5.75 Å². The Morgan fingerprint density at radius 3 is 2.56 bits per heavy atom. The van der Waals surface area contributed by atoms with Gasteiger partial charge in [0, 0.05) is 44.3 Å². The number of piperidine rings is 1. The quantitative estimate of drug-likeness (QED) is 0.271. The Hall–Kier alpha value is -4.63. The van der Waals surface area contributed by atoms with E-state index in [0.29, 0.717) is 66.8 Å². The summed E-state index contributed by atoms with van der Waals surface area (Å²) in [4.78, 5) is 50.1. The van der Waals surface area contributed by atoms with Gasteiger partial charge < -0.3 is 34.6 Å². The number of nitrogens with zero attached hydrogens (tertiary/aromatic N) is 7. The molecular formula is C38H42Cl2N8O6. The number of carbonyl (C=O) groups excluding carboxylic acids is 2. The van der Waals surface area contributed by atoms with Gasteiger partial charge in [-0.25, -0.2) is 9.59 Å². The van der Waals surface area contributed by atoms with E-state index < -0.39 is 29.0 Å². The van der Waals surface area contributed by atoms with Gasteiger partial charge in [-0.1, -0.05) is 41.4 Å². The van der Waals surface area contributed by atoms with E-state index in [1.54, 1.807) is 25.6 Å². The zero-order chi connectivity index (χ0) is 37.9. The smallest absolute Gasteiger partial charge is 0.328 e. The maximum atomic E-state index is 14.2. The normalized spacial score (nSPS) is 23.8. The highest BCUT2D eigenvalue weighted by Crippen LogP contribution is 2.42. The van der Waals surface area contributed by atoms with Crippen LogP contribution in [0.3, 0.4) is 0 Å². The van der Waals surface area contributed by atoms with E-state index in [4.69, 9.17) is 32.7 Å². The van der Waals surface area contributed by atoms with E-state index in [9.17, 15) is 19.5 Å². The molecule has 0 radical (unpaired) electrons. The van der Waals surface area contributed by atoms with Crippen molar-refractivity contribution < 1.29 is 29.0 Å². The van der Waals surface area contributed by atoms with E-state index in [2.05, 4.69) is 30.6 Å². The van der Waals surface area contributed by atoms with Crippen LogP contribution in [0.5, 0.6) is 5.75 Å². The highest BCUT2D eigenvalue weighted by molar-refractivity contribution is 6.42. The van der Waals surface area contributed by atoms with Crippen molar-refractivity contribution in [2.75, 3.05) is 59.6 Å². The lowest BCUT2D eigenvalue weighted by Gasteiger charge is -2.44. The van der Waals surface area contributed by atoms with Gasteiger partial charge in [0.25, 0.3) is 5.91 Å². The lowest BCUT2D eigenvalue weighted by Crippen LogP contribution is -2.61. The van der Waals surface area contributed by atoms with E-state index in [1.807, 2.05) is 53.4 Å². The summed E-state index contributed by atoms with van der Waals surface area (Å²) < 4.78 is 11.0. The number of carboxylic acids is 1. The molecule has 0 saturated carbocycles. The average Bonchev–Trinajstić information content (AvgIpc) is 3.91. The number of pyridine rings is 1. The van der Waals surface area contributed by atoms with Crippen LogP contribution in [0, 0.1) is 0 Å². The van der Waals surface area contributed by atoms with Crippen molar-refractivity contribution >= 4 is 47.3 Å². The number of methoxy groups -OCH3 is 1. The molecule has 0 spiro atoms. The van der Waals surface area contributed by atoms with Crippen LogP contribution in [0.15, 0.2) is 76.2 Å². The van der Waals surface area contributed by atoms with Gasteiger partial charge in [-0.05, 0) is 85.0 Å². The third-order valence-electron chi connectivity index (χ3n) is 11.2. The van der Waals surface area contributed by atoms with Crippen LogP contribution in [0.4, 0.5) is 4.79 Å². The van der Waals surface area contributed by atoms with Gasteiger partial charge in [-0.15, -0.1) is 5.10 Å². The van der Waals surface area contributed by atoms with Crippen LogP contribution >= 0.6 is 23.2 Å². The van der Waals surface area contributed by atoms with E-state index in [1.165, 1.54) is 4.90 Å². The minimum absolute atomic E-state index is 0.0563. The summed E-state index contributed by atoms with van der Waals surface area (Å²) in [5.74, 6) is -0.762. The van der Waals surface area contributed by atoms with E-state index in [-0.39, 0.29) is 31.7 Å². The number of hydrogen-bond donors (Lipinski definition) is 2. The lowest BCUT2D eigenvalue weighted by atomic mass is 9.76. The third kappa shape index (κ3) is 7.65. The monoisotopic (exact) mass is 776 g/mol. The van der Waals surface area contributed by atoms with Crippen molar-refractivity contribution in [1.29, 1.82) is 0 Å².